The Labute approximate surface area is 219 Å². The second-order valence-electron chi connectivity index (χ2n) is 13.9. The molecular formula is C32H50O4. The molecule has 8 atom stereocenters. The summed E-state index contributed by atoms with van der Waals surface area (Å²) >= 11 is 0. The van der Waals surface area contributed by atoms with Gasteiger partial charge in [-0.3, -0.25) is 4.79 Å². The maximum absolute atomic E-state index is 12.4. The first kappa shape index (κ1) is 26.6. The van der Waals surface area contributed by atoms with Gasteiger partial charge in [-0.2, -0.15) is 0 Å². The standard InChI is InChI=1S/C32H50O4/c1-21(9-14-28(33)30(2,3)34)25-12-13-26-24-11-10-22-20-23(36-29-8-6-7-19-35-29)15-17-31(22,4)27(24)16-18-32(25,26)5/h10-11,21,23,25-27,29,34H,6-9,12-20H2,1-5H3/t21-,23+,25-,26+,27+,29?,31+,32-/m1/s1. The molecule has 4 heteroatoms. The normalized spacial score (nSPS) is 41.4. The van der Waals surface area contributed by atoms with Gasteiger partial charge in [0.05, 0.1) is 6.10 Å². The Morgan fingerprint density at radius 3 is 2.64 bits per heavy atom. The molecule has 0 spiro atoms. The first-order valence-electron chi connectivity index (χ1n) is 15.0. The Hall–Kier alpha value is -0.970. The van der Waals surface area contributed by atoms with Gasteiger partial charge in [-0.15, -0.1) is 0 Å². The number of ether oxygens (including phenoxy) is 2. The maximum Gasteiger partial charge on any atom is 0.163 e. The van der Waals surface area contributed by atoms with Crippen LogP contribution >= 0.6 is 0 Å². The average Bonchev–Trinajstić information content (AvgIpc) is 3.20. The quantitative estimate of drug-likeness (QED) is 0.405. The Balaban J connectivity index is 1.27. The lowest BCUT2D eigenvalue weighted by atomic mass is 9.50. The van der Waals surface area contributed by atoms with Crippen LogP contribution in [-0.4, -0.2) is 35.5 Å². The molecule has 1 heterocycles. The van der Waals surface area contributed by atoms with Crippen molar-refractivity contribution in [3.63, 3.8) is 0 Å². The number of allylic oxidation sites excluding steroid dienone is 3. The van der Waals surface area contributed by atoms with Gasteiger partial charge in [0.1, 0.15) is 5.60 Å². The fraction of sp³-hybridized carbons (Fsp3) is 0.844. The third-order valence-corrected chi connectivity index (χ3v) is 11.3. The van der Waals surface area contributed by atoms with Crippen LogP contribution in [0.1, 0.15) is 112 Å². The van der Waals surface area contributed by atoms with Crippen molar-refractivity contribution in [1.82, 2.24) is 0 Å². The van der Waals surface area contributed by atoms with E-state index in [4.69, 9.17) is 9.47 Å². The van der Waals surface area contributed by atoms with Gasteiger partial charge in [0, 0.05) is 13.0 Å². The van der Waals surface area contributed by atoms with Crippen LogP contribution in [0.4, 0.5) is 0 Å². The smallest absolute Gasteiger partial charge is 0.163 e. The molecule has 1 aliphatic heterocycles. The summed E-state index contributed by atoms with van der Waals surface area (Å²) in [6.07, 6.45) is 18.7. The Morgan fingerprint density at radius 2 is 1.92 bits per heavy atom. The van der Waals surface area contributed by atoms with Crippen LogP contribution < -0.4 is 0 Å². The van der Waals surface area contributed by atoms with Crippen molar-refractivity contribution >= 4 is 5.78 Å². The monoisotopic (exact) mass is 498 g/mol. The van der Waals surface area contributed by atoms with Gasteiger partial charge in [-0.1, -0.05) is 44.1 Å². The van der Waals surface area contributed by atoms with Crippen molar-refractivity contribution in [3.8, 4) is 0 Å². The minimum atomic E-state index is -1.21. The fourth-order valence-electron chi connectivity index (χ4n) is 8.96. The highest BCUT2D eigenvalue weighted by Crippen LogP contribution is 2.66. The molecule has 5 rings (SSSR count). The van der Waals surface area contributed by atoms with E-state index in [0.717, 1.165) is 32.3 Å². The van der Waals surface area contributed by atoms with Crippen LogP contribution in [0.15, 0.2) is 23.3 Å². The number of Topliss-reactive ketones (excluding diaryl/α,β-unsaturated/α-hetero) is 1. The molecule has 0 amide bonds. The molecule has 3 saturated carbocycles. The molecule has 5 aliphatic rings. The van der Waals surface area contributed by atoms with Crippen LogP contribution in [0.2, 0.25) is 0 Å². The maximum atomic E-state index is 12.4. The molecular weight excluding hydrogens is 448 g/mol. The number of hydrogen-bond acceptors (Lipinski definition) is 4. The van der Waals surface area contributed by atoms with E-state index in [-0.39, 0.29) is 17.5 Å². The lowest BCUT2D eigenvalue weighted by Gasteiger charge is -2.55. The van der Waals surface area contributed by atoms with E-state index < -0.39 is 5.60 Å². The van der Waals surface area contributed by atoms with Crippen LogP contribution in [0.25, 0.3) is 0 Å². The lowest BCUT2D eigenvalue weighted by molar-refractivity contribution is -0.193. The summed E-state index contributed by atoms with van der Waals surface area (Å²) in [4.78, 5) is 12.4. The first-order chi connectivity index (χ1) is 17.0. The number of ketones is 1. The first-order valence-corrected chi connectivity index (χ1v) is 15.0. The summed E-state index contributed by atoms with van der Waals surface area (Å²) in [6.45, 7) is 11.5. The Morgan fingerprint density at radius 1 is 1.11 bits per heavy atom. The van der Waals surface area contributed by atoms with E-state index in [1.807, 2.05) is 0 Å². The van der Waals surface area contributed by atoms with Crippen molar-refractivity contribution in [2.75, 3.05) is 6.61 Å². The largest absolute Gasteiger partial charge is 0.383 e. The van der Waals surface area contributed by atoms with Crippen LogP contribution in [0, 0.1) is 34.5 Å². The highest BCUT2D eigenvalue weighted by molar-refractivity contribution is 5.86. The number of rotatable bonds is 7. The average molecular weight is 499 g/mol. The molecule has 0 aromatic heterocycles. The Kier molecular flexibility index (Phi) is 7.37. The second kappa shape index (κ2) is 9.97. The summed E-state index contributed by atoms with van der Waals surface area (Å²) in [5.41, 5.74) is 2.74. The predicted molar refractivity (Wildman–Crippen MR) is 143 cm³/mol. The van der Waals surface area contributed by atoms with E-state index in [2.05, 4.69) is 32.9 Å². The molecule has 1 N–H and O–H groups in total. The van der Waals surface area contributed by atoms with E-state index >= 15 is 0 Å². The molecule has 1 saturated heterocycles. The molecule has 0 radical (unpaired) electrons. The van der Waals surface area contributed by atoms with Gasteiger partial charge in [0.2, 0.25) is 0 Å². The Bertz CT molecular complexity index is 890. The predicted octanol–water partition coefficient (Wildman–Crippen LogP) is 7.15. The fourth-order valence-corrected chi connectivity index (χ4v) is 8.96. The summed E-state index contributed by atoms with van der Waals surface area (Å²) in [6, 6.07) is 0. The number of hydrogen-bond donors (Lipinski definition) is 1. The number of carbonyl (C=O) groups is 1. The van der Waals surface area contributed by atoms with Gasteiger partial charge in [-0.25, -0.2) is 0 Å². The van der Waals surface area contributed by atoms with Gasteiger partial charge >= 0.3 is 0 Å². The SMILES string of the molecule is C[C@H](CCC(=O)C(C)(C)O)[C@H]1CC[C@H]2C3=CC=C4C[C@@H](OC5CCCCO5)CC[C@]4(C)[C@H]3CC[C@]12C. The second-order valence-corrected chi connectivity index (χ2v) is 13.9. The highest BCUT2D eigenvalue weighted by atomic mass is 16.7. The molecule has 0 bridgehead atoms. The van der Waals surface area contributed by atoms with Gasteiger partial charge in [0.25, 0.3) is 0 Å². The van der Waals surface area contributed by atoms with Crippen LogP contribution in [0.5, 0.6) is 0 Å². The van der Waals surface area contributed by atoms with E-state index in [1.165, 1.54) is 44.9 Å². The molecule has 4 nitrogen and oxygen atoms in total. The zero-order chi connectivity index (χ0) is 25.7. The topological polar surface area (TPSA) is 55.8 Å². The van der Waals surface area contributed by atoms with E-state index in [9.17, 15) is 9.90 Å². The third kappa shape index (κ3) is 4.80. The van der Waals surface area contributed by atoms with Crippen molar-refractivity contribution in [3.05, 3.63) is 23.3 Å². The van der Waals surface area contributed by atoms with Gasteiger partial charge in [0.15, 0.2) is 12.1 Å². The van der Waals surface area contributed by atoms with Crippen molar-refractivity contribution in [2.45, 2.75) is 130 Å². The van der Waals surface area contributed by atoms with Gasteiger partial charge in [-0.05, 0) is 119 Å². The van der Waals surface area contributed by atoms with Crippen molar-refractivity contribution in [2.24, 2.45) is 34.5 Å². The minimum absolute atomic E-state index is 0.00921. The summed E-state index contributed by atoms with van der Waals surface area (Å²) in [5.74, 6) is 2.51. The summed E-state index contributed by atoms with van der Waals surface area (Å²) < 4.78 is 12.3. The van der Waals surface area contributed by atoms with E-state index in [1.54, 1.807) is 25.0 Å². The zero-order valence-electron chi connectivity index (χ0n) is 23.5. The minimum Gasteiger partial charge on any atom is -0.383 e. The van der Waals surface area contributed by atoms with Crippen LogP contribution in [-0.2, 0) is 14.3 Å². The van der Waals surface area contributed by atoms with E-state index in [0.29, 0.717) is 41.6 Å². The van der Waals surface area contributed by atoms with Gasteiger partial charge < -0.3 is 14.6 Å². The zero-order valence-corrected chi connectivity index (χ0v) is 23.5. The van der Waals surface area contributed by atoms with Crippen LogP contribution in [0.3, 0.4) is 0 Å². The highest BCUT2D eigenvalue weighted by Gasteiger charge is 2.57. The summed E-state index contributed by atoms with van der Waals surface area (Å²) in [5, 5.41) is 10.1. The molecule has 36 heavy (non-hydrogen) atoms. The molecule has 0 aromatic carbocycles. The number of fused-ring (bicyclic) bond motifs is 5. The lowest BCUT2D eigenvalue weighted by Crippen LogP contribution is -2.47. The third-order valence-electron chi connectivity index (χ3n) is 11.3. The molecule has 4 aliphatic carbocycles. The van der Waals surface area contributed by atoms with Crippen molar-refractivity contribution < 1.29 is 19.4 Å². The number of carbonyl (C=O) groups excluding carboxylic acids is 1. The molecule has 202 valence electrons. The summed E-state index contributed by atoms with van der Waals surface area (Å²) in [7, 11) is 0. The molecule has 4 fully saturated rings. The number of aliphatic hydroxyl groups is 1. The van der Waals surface area contributed by atoms with Crippen molar-refractivity contribution in [1.29, 1.82) is 0 Å². The molecule has 1 unspecified atom stereocenters. The molecule has 0 aromatic rings.